The van der Waals surface area contributed by atoms with Crippen molar-refractivity contribution in [2.75, 3.05) is 33.9 Å². The van der Waals surface area contributed by atoms with Gasteiger partial charge in [-0.05, 0) is 43.1 Å². The minimum atomic E-state index is 0. The molecule has 0 saturated carbocycles. The van der Waals surface area contributed by atoms with Crippen molar-refractivity contribution in [3.63, 3.8) is 0 Å². The van der Waals surface area contributed by atoms with Crippen molar-refractivity contribution in [2.24, 2.45) is 11.7 Å². The third-order valence-corrected chi connectivity index (χ3v) is 4.39. The van der Waals surface area contributed by atoms with Crippen molar-refractivity contribution in [3.8, 4) is 11.5 Å². The molecule has 1 aromatic carbocycles. The SMILES string of the molecule is COc1cc(Br)c(CN2CCC(CN)C2)cc1OC.Cl. The molecule has 1 heterocycles. The first-order valence-corrected chi connectivity index (χ1v) is 7.30. The van der Waals surface area contributed by atoms with Crippen LogP contribution in [0.3, 0.4) is 0 Å². The Hall–Kier alpha value is -0.490. The highest BCUT2D eigenvalue weighted by atomic mass is 79.9. The first-order chi connectivity index (χ1) is 9.17. The molecule has 1 atom stereocenters. The van der Waals surface area contributed by atoms with Crippen molar-refractivity contribution in [2.45, 2.75) is 13.0 Å². The van der Waals surface area contributed by atoms with Crippen LogP contribution in [0.4, 0.5) is 0 Å². The Bertz CT molecular complexity index is 445. The van der Waals surface area contributed by atoms with Crippen LogP contribution >= 0.6 is 28.3 Å². The van der Waals surface area contributed by atoms with Crippen molar-refractivity contribution in [1.29, 1.82) is 0 Å². The fourth-order valence-electron chi connectivity index (χ4n) is 2.51. The number of hydrogen-bond donors (Lipinski definition) is 1. The first-order valence-electron chi connectivity index (χ1n) is 6.50. The highest BCUT2D eigenvalue weighted by Gasteiger charge is 2.22. The largest absolute Gasteiger partial charge is 0.493 e. The molecule has 0 spiro atoms. The van der Waals surface area contributed by atoms with Crippen LogP contribution in [0, 0.1) is 5.92 Å². The van der Waals surface area contributed by atoms with Crippen LogP contribution in [0.5, 0.6) is 11.5 Å². The second-order valence-corrected chi connectivity index (χ2v) is 5.78. The fraction of sp³-hybridized carbons (Fsp3) is 0.571. The zero-order chi connectivity index (χ0) is 13.8. The molecule has 0 aliphatic carbocycles. The molecule has 1 aliphatic rings. The standard InChI is InChI=1S/C14H21BrN2O2.ClH/c1-18-13-5-11(12(15)6-14(13)19-2)9-17-4-3-10(7-16)8-17;/h5-6,10H,3-4,7-9,16H2,1-2H3;1H. The fourth-order valence-corrected chi connectivity index (χ4v) is 2.95. The summed E-state index contributed by atoms with van der Waals surface area (Å²) in [7, 11) is 3.31. The van der Waals surface area contributed by atoms with E-state index in [1.165, 1.54) is 12.0 Å². The van der Waals surface area contributed by atoms with Gasteiger partial charge in [0.1, 0.15) is 0 Å². The summed E-state index contributed by atoms with van der Waals surface area (Å²) in [6.45, 7) is 3.89. The average Bonchev–Trinajstić information content (AvgIpc) is 2.88. The highest BCUT2D eigenvalue weighted by Crippen LogP contribution is 2.34. The lowest BCUT2D eigenvalue weighted by molar-refractivity contribution is 0.314. The predicted molar refractivity (Wildman–Crippen MR) is 86.9 cm³/mol. The van der Waals surface area contributed by atoms with E-state index in [1.807, 2.05) is 12.1 Å². The van der Waals surface area contributed by atoms with Crippen LogP contribution in [-0.2, 0) is 6.54 Å². The van der Waals surface area contributed by atoms with Gasteiger partial charge in [-0.15, -0.1) is 12.4 Å². The molecule has 1 aromatic rings. The second kappa shape index (κ2) is 8.08. The lowest BCUT2D eigenvalue weighted by atomic mass is 10.1. The van der Waals surface area contributed by atoms with Crippen molar-refractivity contribution in [1.82, 2.24) is 4.90 Å². The van der Waals surface area contributed by atoms with Gasteiger partial charge in [0.15, 0.2) is 11.5 Å². The summed E-state index contributed by atoms with van der Waals surface area (Å²) >= 11 is 3.60. The van der Waals surface area contributed by atoms with Crippen molar-refractivity contribution < 1.29 is 9.47 Å². The number of likely N-dealkylation sites (tertiary alicyclic amines) is 1. The van der Waals surface area contributed by atoms with E-state index in [2.05, 4.69) is 20.8 Å². The Morgan fingerprint density at radius 1 is 1.30 bits per heavy atom. The minimum Gasteiger partial charge on any atom is -0.493 e. The van der Waals surface area contributed by atoms with Crippen molar-refractivity contribution >= 4 is 28.3 Å². The molecule has 6 heteroatoms. The number of rotatable bonds is 5. The third kappa shape index (κ3) is 4.01. The lowest BCUT2D eigenvalue weighted by Gasteiger charge is -2.18. The van der Waals surface area contributed by atoms with Gasteiger partial charge in [0.25, 0.3) is 0 Å². The predicted octanol–water partition coefficient (Wildman–Crippen LogP) is 2.67. The Balaban J connectivity index is 0.00000200. The minimum absolute atomic E-state index is 0. The van der Waals surface area contributed by atoms with Crippen LogP contribution in [0.15, 0.2) is 16.6 Å². The maximum Gasteiger partial charge on any atom is 0.161 e. The van der Waals surface area contributed by atoms with Gasteiger partial charge in [0.2, 0.25) is 0 Å². The molecule has 0 bridgehead atoms. The maximum atomic E-state index is 5.73. The van der Waals surface area contributed by atoms with E-state index in [4.69, 9.17) is 15.2 Å². The molecule has 114 valence electrons. The molecular weight excluding hydrogens is 344 g/mol. The highest BCUT2D eigenvalue weighted by molar-refractivity contribution is 9.10. The average molecular weight is 366 g/mol. The summed E-state index contributed by atoms with van der Waals surface area (Å²) in [5.41, 5.74) is 6.95. The molecule has 1 unspecified atom stereocenters. The Morgan fingerprint density at radius 3 is 2.50 bits per heavy atom. The number of nitrogens with two attached hydrogens (primary N) is 1. The zero-order valence-electron chi connectivity index (χ0n) is 11.9. The Kier molecular flexibility index (Phi) is 7.09. The van der Waals surface area contributed by atoms with Crippen LogP contribution in [0.25, 0.3) is 0 Å². The van der Waals surface area contributed by atoms with E-state index in [1.54, 1.807) is 14.2 Å². The van der Waals surface area contributed by atoms with Gasteiger partial charge in [0, 0.05) is 17.6 Å². The van der Waals surface area contributed by atoms with E-state index in [9.17, 15) is 0 Å². The van der Waals surface area contributed by atoms with E-state index in [0.717, 1.165) is 42.2 Å². The van der Waals surface area contributed by atoms with E-state index in [-0.39, 0.29) is 12.4 Å². The van der Waals surface area contributed by atoms with Crippen molar-refractivity contribution in [3.05, 3.63) is 22.2 Å². The number of ether oxygens (including phenoxy) is 2. The molecule has 0 aromatic heterocycles. The topological polar surface area (TPSA) is 47.7 Å². The number of nitrogens with zero attached hydrogens (tertiary/aromatic N) is 1. The number of halogens is 2. The summed E-state index contributed by atoms with van der Waals surface area (Å²) in [6, 6.07) is 4.00. The normalized spacial score (nSPS) is 18.7. The van der Waals surface area contributed by atoms with E-state index >= 15 is 0 Å². The summed E-state index contributed by atoms with van der Waals surface area (Å²) in [6.07, 6.45) is 1.20. The molecule has 1 saturated heterocycles. The van der Waals surface area contributed by atoms with E-state index in [0.29, 0.717) is 5.92 Å². The molecule has 1 fully saturated rings. The third-order valence-electron chi connectivity index (χ3n) is 3.65. The molecule has 2 rings (SSSR count). The summed E-state index contributed by atoms with van der Waals surface area (Å²) in [4.78, 5) is 2.43. The number of benzene rings is 1. The van der Waals surface area contributed by atoms with Gasteiger partial charge in [-0.25, -0.2) is 0 Å². The van der Waals surface area contributed by atoms with Crippen LogP contribution in [0.1, 0.15) is 12.0 Å². The van der Waals surface area contributed by atoms with Gasteiger partial charge in [-0.3, -0.25) is 4.90 Å². The quantitative estimate of drug-likeness (QED) is 0.871. The molecule has 20 heavy (non-hydrogen) atoms. The molecule has 0 amide bonds. The molecule has 2 N–H and O–H groups in total. The van der Waals surface area contributed by atoms with Gasteiger partial charge in [-0.2, -0.15) is 0 Å². The molecule has 1 aliphatic heterocycles. The molecule has 0 radical (unpaired) electrons. The van der Waals surface area contributed by atoms with Gasteiger partial charge in [0.05, 0.1) is 14.2 Å². The Morgan fingerprint density at radius 2 is 1.95 bits per heavy atom. The first kappa shape index (κ1) is 17.6. The van der Waals surface area contributed by atoms with Crippen LogP contribution < -0.4 is 15.2 Å². The van der Waals surface area contributed by atoms with Gasteiger partial charge < -0.3 is 15.2 Å². The molecular formula is C14H22BrClN2O2. The van der Waals surface area contributed by atoms with Gasteiger partial charge >= 0.3 is 0 Å². The molecule has 4 nitrogen and oxygen atoms in total. The number of methoxy groups -OCH3 is 2. The zero-order valence-corrected chi connectivity index (χ0v) is 14.3. The summed E-state index contributed by atoms with van der Waals surface area (Å²) in [5, 5.41) is 0. The maximum absolute atomic E-state index is 5.73. The van der Waals surface area contributed by atoms with Crippen LogP contribution in [0.2, 0.25) is 0 Å². The van der Waals surface area contributed by atoms with Crippen LogP contribution in [-0.4, -0.2) is 38.8 Å². The monoisotopic (exact) mass is 364 g/mol. The summed E-state index contributed by atoms with van der Waals surface area (Å²) in [5.74, 6) is 2.16. The lowest BCUT2D eigenvalue weighted by Crippen LogP contribution is -2.23. The Labute approximate surface area is 135 Å². The van der Waals surface area contributed by atoms with E-state index < -0.39 is 0 Å². The number of hydrogen-bond acceptors (Lipinski definition) is 4. The summed E-state index contributed by atoms with van der Waals surface area (Å²) < 4.78 is 11.7. The smallest absolute Gasteiger partial charge is 0.161 e. The second-order valence-electron chi connectivity index (χ2n) is 4.92. The van der Waals surface area contributed by atoms with Gasteiger partial charge in [-0.1, -0.05) is 15.9 Å².